The highest BCUT2D eigenvalue weighted by atomic mass is 32.2. The van der Waals surface area contributed by atoms with Gasteiger partial charge in [-0.1, -0.05) is 41.7 Å². The summed E-state index contributed by atoms with van der Waals surface area (Å²) in [6.45, 7) is 4.54. The average Bonchev–Trinajstić information content (AvgIpc) is 2.99. The normalized spacial score (nSPS) is 11.9. The Morgan fingerprint density at radius 1 is 1.28 bits per heavy atom. The van der Waals surface area contributed by atoms with Gasteiger partial charge in [0.25, 0.3) is 0 Å². The zero-order chi connectivity index (χ0) is 21.8. The van der Waals surface area contributed by atoms with E-state index in [0.29, 0.717) is 20.5 Å². The molecular formula is C18H22N2O6S3. The number of carbonyl (C=O) groups is 1. The van der Waals surface area contributed by atoms with E-state index in [0.717, 1.165) is 23.2 Å². The van der Waals surface area contributed by atoms with Crippen molar-refractivity contribution in [2.75, 3.05) is 6.26 Å². The van der Waals surface area contributed by atoms with E-state index in [9.17, 15) is 23.3 Å². The third-order valence-corrected chi connectivity index (χ3v) is 6.91. The van der Waals surface area contributed by atoms with Crippen LogP contribution in [0.3, 0.4) is 0 Å². The summed E-state index contributed by atoms with van der Waals surface area (Å²) in [6, 6.07) is 9.40. The maximum Gasteiger partial charge on any atom is 0.424 e. The number of thiophene rings is 1. The van der Waals surface area contributed by atoms with Crippen LogP contribution in [-0.4, -0.2) is 35.6 Å². The van der Waals surface area contributed by atoms with Crippen LogP contribution in [0.5, 0.6) is 0 Å². The van der Waals surface area contributed by atoms with E-state index < -0.39 is 26.6 Å². The minimum Gasteiger partial charge on any atom is -0.443 e. The Kier molecular flexibility index (Phi) is 7.30. The van der Waals surface area contributed by atoms with Gasteiger partial charge in [-0.3, -0.25) is 10.1 Å². The van der Waals surface area contributed by atoms with Crippen LogP contribution in [0.15, 0.2) is 40.6 Å². The highest BCUT2D eigenvalue weighted by Crippen LogP contribution is 2.40. The van der Waals surface area contributed by atoms with E-state index >= 15 is 0 Å². The number of amides is 1. The van der Waals surface area contributed by atoms with Crippen LogP contribution in [0.4, 0.5) is 9.80 Å². The molecule has 1 amide bonds. The fraction of sp³-hybridized carbons (Fsp3) is 0.389. The van der Waals surface area contributed by atoms with E-state index in [-0.39, 0.29) is 11.5 Å². The first-order chi connectivity index (χ1) is 13.4. The van der Waals surface area contributed by atoms with Crippen molar-refractivity contribution in [1.82, 2.24) is 4.31 Å². The fourth-order valence-electron chi connectivity index (χ4n) is 2.28. The Balaban J connectivity index is 2.34. The van der Waals surface area contributed by atoms with E-state index in [1.807, 2.05) is 30.3 Å². The molecule has 0 saturated carbocycles. The van der Waals surface area contributed by atoms with Crippen LogP contribution in [0.2, 0.25) is 0 Å². The number of thioether (sulfide) groups is 1. The Hall–Kier alpha value is -2.11. The number of rotatable bonds is 7. The molecule has 11 heteroatoms. The number of benzene rings is 1. The predicted octanol–water partition coefficient (Wildman–Crippen LogP) is 4.65. The molecule has 8 nitrogen and oxygen atoms in total. The van der Waals surface area contributed by atoms with E-state index in [1.54, 1.807) is 20.8 Å². The molecule has 0 saturated heterocycles. The van der Waals surface area contributed by atoms with Crippen molar-refractivity contribution in [1.29, 1.82) is 0 Å². The molecule has 29 heavy (non-hydrogen) atoms. The van der Waals surface area contributed by atoms with Crippen LogP contribution in [0.1, 0.15) is 31.9 Å². The number of nitrogens with zero attached hydrogens (tertiary/aromatic N) is 2. The second-order valence-corrected chi connectivity index (χ2v) is 10.9. The SMILES string of the molecule is CC(C)(C)OC(=O)N(Cc1csc([N+](=O)[O-])c1SCc1ccccc1)S(C)(=O)=O. The minimum absolute atomic E-state index is 0.0847. The van der Waals surface area contributed by atoms with Crippen molar-refractivity contribution in [2.24, 2.45) is 0 Å². The number of sulfonamides is 1. The molecule has 1 aromatic carbocycles. The summed E-state index contributed by atoms with van der Waals surface area (Å²) in [6.07, 6.45) is -0.123. The molecule has 158 valence electrons. The summed E-state index contributed by atoms with van der Waals surface area (Å²) in [7, 11) is -3.95. The molecule has 0 fully saturated rings. The van der Waals surface area contributed by atoms with Gasteiger partial charge >= 0.3 is 11.1 Å². The van der Waals surface area contributed by atoms with Gasteiger partial charge in [-0.25, -0.2) is 17.5 Å². The van der Waals surface area contributed by atoms with E-state index in [1.165, 1.54) is 17.1 Å². The molecule has 0 aliphatic rings. The van der Waals surface area contributed by atoms with Crippen molar-refractivity contribution in [3.8, 4) is 0 Å². The van der Waals surface area contributed by atoms with Gasteiger partial charge in [-0.15, -0.1) is 11.8 Å². The standard InChI is InChI=1S/C18H22N2O6S3/c1-18(2,3)26-17(21)19(29(4,24)25)10-14-12-28-16(20(22)23)15(14)27-11-13-8-6-5-7-9-13/h5-9,12H,10-11H2,1-4H3. The third-order valence-electron chi connectivity index (χ3n) is 3.50. The molecule has 0 N–H and O–H groups in total. The zero-order valence-corrected chi connectivity index (χ0v) is 18.9. The number of hydrogen-bond acceptors (Lipinski definition) is 8. The monoisotopic (exact) mass is 458 g/mol. The minimum atomic E-state index is -3.95. The predicted molar refractivity (Wildman–Crippen MR) is 114 cm³/mol. The molecule has 0 spiro atoms. The molecule has 1 heterocycles. The van der Waals surface area contributed by atoms with Crippen molar-refractivity contribution in [3.63, 3.8) is 0 Å². The van der Waals surface area contributed by atoms with Gasteiger partial charge in [0.1, 0.15) is 10.5 Å². The van der Waals surface area contributed by atoms with Gasteiger partial charge in [0.2, 0.25) is 10.0 Å². The highest BCUT2D eigenvalue weighted by molar-refractivity contribution is 7.98. The Bertz CT molecular complexity index is 981. The van der Waals surface area contributed by atoms with Crippen LogP contribution in [0, 0.1) is 10.1 Å². The van der Waals surface area contributed by atoms with Crippen LogP contribution >= 0.6 is 23.1 Å². The maximum atomic E-state index is 12.4. The lowest BCUT2D eigenvalue weighted by molar-refractivity contribution is -0.382. The molecule has 0 aliphatic carbocycles. The summed E-state index contributed by atoms with van der Waals surface area (Å²) in [5.41, 5.74) is 0.473. The molecule has 2 aromatic rings. The van der Waals surface area contributed by atoms with Gasteiger partial charge < -0.3 is 4.74 Å². The molecule has 0 aliphatic heterocycles. The third kappa shape index (κ3) is 6.72. The molecule has 0 atom stereocenters. The number of nitro groups is 1. The zero-order valence-electron chi connectivity index (χ0n) is 16.4. The summed E-state index contributed by atoms with van der Waals surface area (Å²) in [4.78, 5) is 23.7. The van der Waals surface area contributed by atoms with Gasteiger partial charge in [0, 0.05) is 16.7 Å². The Morgan fingerprint density at radius 2 is 1.90 bits per heavy atom. The summed E-state index contributed by atoms with van der Waals surface area (Å²) in [5.74, 6) is 0.469. The largest absolute Gasteiger partial charge is 0.443 e. The van der Waals surface area contributed by atoms with Crippen molar-refractivity contribution in [3.05, 3.63) is 57.0 Å². The summed E-state index contributed by atoms with van der Waals surface area (Å²) in [5, 5.41) is 12.9. The van der Waals surface area contributed by atoms with Crippen LogP contribution < -0.4 is 0 Å². The molecule has 2 rings (SSSR count). The Labute approximate surface area is 178 Å². The van der Waals surface area contributed by atoms with Gasteiger partial charge in [-0.2, -0.15) is 0 Å². The second kappa shape index (κ2) is 9.14. The quantitative estimate of drug-likeness (QED) is 0.338. The van der Waals surface area contributed by atoms with Gasteiger partial charge in [-0.05, 0) is 26.3 Å². The lowest BCUT2D eigenvalue weighted by Crippen LogP contribution is -2.39. The smallest absolute Gasteiger partial charge is 0.424 e. The Morgan fingerprint density at radius 3 is 2.41 bits per heavy atom. The first-order valence-corrected chi connectivity index (χ1v) is 12.2. The first-order valence-electron chi connectivity index (χ1n) is 8.50. The second-order valence-electron chi connectivity index (χ2n) is 7.18. The summed E-state index contributed by atoms with van der Waals surface area (Å²) >= 11 is 2.14. The van der Waals surface area contributed by atoms with Crippen LogP contribution in [0.25, 0.3) is 0 Å². The number of carbonyl (C=O) groups excluding carboxylic acids is 1. The highest BCUT2D eigenvalue weighted by Gasteiger charge is 2.32. The lowest BCUT2D eigenvalue weighted by Gasteiger charge is -2.25. The first kappa shape index (κ1) is 23.2. The summed E-state index contributed by atoms with van der Waals surface area (Å²) < 4.78 is 30.2. The van der Waals surface area contributed by atoms with Crippen molar-refractivity contribution < 1.29 is 22.9 Å². The molecule has 0 unspecified atom stereocenters. The topological polar surface area (TPSA) is 107 Å². The molecule has 0 radical (unpaired) electrons. The van der Waals surface area contributed by atoms with E-state index in [2.05, 4.69) is 0 Å². The molecule has 0 bridgehead atoms. The maximum absolute atomic E-state index is 12.4. The molecular weight excluding hydrogens is 436 g/mol. The fourth-order valence-corrected chi connectivity index (χ4v) is 5.13. The molecule has 1 aromatic heterocycles. The average molecular weight is 459 g/mol. The van der Waals surface area contributed by atoms with Gasteiger partial charge in [0.05, 0.1) is 17.7 Å². The van der Waals surface area contributed by atoms with Crippen molar-refractivity contribution in [2.45, 2.75) is 43.6 Å². The van der Waals surface area contributed by atoms with Crippen molar-refractivity contribution >= 4 is 44.2 Å². The lowest BCUT2D eigenvalue weighted by atomic mass is 10.2. The van der Waals surface area contributed by atoms with E-state index in [4.69, 9.17) is 4.74 Å². The van der Waals surface area contributed by atoms with Gasteiger partial charge in [0.15, 0.2) is 0 Å². The van der Waals surface area contributed by atoms with Crippen LogP contribution in [-0.2, 0) is 27.1 Å². The number of ether oxygens (including phenoxy) is 1. The number of hydrogen-bond donors (Lipinski definition) is 0.